The maximum Gasteiger partial charge on any atom is 0.374 e. The molecule has 14 nitrogen and oxygen atoms in total. The van der Waals surface area contributed by atoms with Crippen LogP contribution in [0.1, 0.15) is 37.9 Å². The number of aromatic amines is 2. The highest BCUT2D eigenvalue weighted by atomic mass is 16.5. The lowest BCUT2D eigenvalue weighted by molar-refractivity contribution is 0.0425. The SMILES string of the molecule is Cn1c(COC(=O)c2ccc(C=Nc3ccc(C(=O)OCc4cc(=O)[nH]c(=O)n4C)o3)cc2)cc(=O)[nH]c1=O. The number of hydrogen-bond donors (Lipinski definition) is 2. The molecule has 0 radical (unpaired) electrons. The molecule has 4 rings (SSSR count). The number of rotatable bonds is 8. The number of hydrogen-bond acceptors (Lipinski definition) is 10. The van der Waals surface area contributed by atoms with E-state index in [1.807, 2.05) is 0 Å². The van der Waals surface area contributed by atoms with Gasteiger partial charge in [-0.3, -0.25) is 28.7 Å². The lowest BCUT2D eigenvalue weighted by Gasteiger charge is -2.08. The largest absolute Gasteiger partial charge is 0.456 e. The summed E-state index contributed by atoms with van der Waals surface area (Å²) in [4.78, 5) is 79.1. The molecule has 200 valence electrons. The van der Waals surface area contributed by atoms with Crippen molar-refractivity contribution in [2.45, 2.75) is 13.2 Å². The molecule has 0 unspecified atom stereocenters. The van der Waals surface area contributed by atoms with Gasteiger partial charge in [0, 0.05) is 38.5 Å². The van der Waals surface area contributed by atoms with Crippen molar-refractivity contribution in [3.63, 3.8) is 0 Å². The molecule has 0 fully saturated rings. The van der Waals surface area contributed by atoms with Gasteiger partial charge in [0.25, 0.3) is 11.1 Å². The Kier molecular flexibility index (Phi) is 7.65. The zero-order chi connectivity index (χ0) is 28.1. The van der Waals surface area contributed by atoms with E-state index in [1.165, 1.54) is 55.2 Å². The van der Waals surface area contributed by atoms with E-state index in [9.17, 15) is 28.8 Å². The molecule has 0 aliphatic heterocycles. The number of carbonyl (C=O) groups excluding carboxylic acids is 2. The fourth-order valence-electron chi connectivity index (χ4n) is 3.27. The normalized spacial score (nSPS) is 11.0. The second-order valence-electron chi connectivity index (χ2n) is 8.15. The van der Waals surface area contributed by atoms with E-state index in [4.69, 9.17) is 13.9 Å². The summed E-state index contributed by atoms with van der Waals surface area (Å²) in [5.41, 5.74) is -1.16. The van der Waals surface area contributed by atoms with Gasteiger partial charge in [-0.2, -0.15) is 0 Å². The van der Waals surface area contributed by atoms with E-state index < -0.39 is 34.4 Å². The third kappa shape index (κ3) is 6.43. The minimum atomic E-state index is -0.813. The molecule has 0 spiro atoms. The average molecular weight is 535 g/mol. The summed E-state index contributed by atoms with van der Waals surface area (Å²) in [5, 5.41) is 0. The Labute approximate surface area is 217 Å². The highest BCUT2D eigenvalue weighted by Crippen LogP contribution is 2.18. The van der Waals surface area contributed by atoms with E-state index in [0.717, 1.165) is 10.6 Å². The second-order valence-corrected chi connectivity index (χ2v) is 8.15. The van der Waals surface area contributed by atoms with Gasteiger partial charge in [-0.05, 0) is 23.8 Å². The molecule has 0 saturated carbocycles. The molecular weight excluding hydrogens is 514 g/mol. The van der Waals surface area contributed by atoms with Crippen molar-refractivity contribution in [2.24, 2.45) is 19.1 Å². The van der Waals surface area contributed by atoms with Gasteiger partial charge in [0.1, 0.15) is 13.2 Å². The van der Waals surface area contributed by atoms with Crippen LogP contribution >= 0.6 is 0 Å². The highest BCUT2D eigenvalue weighted by Gasteiger charge is 2.14. The van der Waals surface area contributed by atoms with Crippen LogP contribution in [0.4, 0.5) is 5.88 Å². The van der Waals surface area contributed by atoms with Gasteiger partial charge >= 0.3 is 23.3 Å². The van der Waals surface area contributed by atoms with Crippen LogP contribution in [0, 0.1) is 0 Å². The quantitative estimate of drug-likeness (QED) is 0.239. The van der Waals surface area contributed by atoms with Gasteiger partial charge in [0.05, 0.1) is 17.0 Å². The molecule has 3 aromatic heterocycles. The van der Waals surface area contributed by atoms with Crippen LogP contribution in [-0.4, -0.2) is 37.3 Å². The zero-order valence-electron chi connectivity index (χ0n) is 20.6. The number of benzene rings is 1. The molecule has 0 saturated heterocycles. The van der Waals surface area contributed by atoms with E-state index >= 15 is 0 Å². The van der Waals surface area contributed by atoms with E-state index in [2.05, 4.69) is 15.0 Å². The number of furan rings is 1. The molecule has 2 N–H and O–H groups in total. The fourth-order valence-corrected chi connectivity index (χ4v) is 3.27. The predicted octanol–water partition coefficient (Wildman–Crippen LogP) is 0.518. The van der Waals surface area contributed by atoms with Crippen LogP contribution in [0.3, 0.4) is 0 Å². The smallest absolute Gasteiger partial charge is 0.374 e. The van der Waals surface area contributed by atoms with Crippen LogP contribution in [0.2, 0.25) is 0 Å². The number of H-pyrrole nitrogens is 2. The van der Waals surface area contributed by atoms with Crippen molar-refractivity contribution in [3.05, 3.63) is 118 Å². The molecule has 0 atom stereocenters. The minimum Gasteiger partial charge on any atom is -0.456 e. The monoisotopic (exact) mass is 535 g/mol. The zero-order valence-corrected chi connectivity index (χ0v) is 20.6. The first-order chi connectivity index (χ1) is 18.6. The summed E-state index contributed by atoms with van der Waals surface area (Å²) >= 11 is 0. The number of aromatic nitrogens is 4. The topological polar surface area (TPSA) is 188 Å². The average Bonchev–Trinajstić information content (AvgIpc) is 3.39. The van der Waals surface area contributed by atoms with Crippen LogP contribution in [0.5, 0.6) is 0 Å². The van der Waals surface area contributed by atoms with Crippen LogP contribution in [0.25, 0.3) is 0 Å². The molecule has 14 heteroatoms. The van der Waals surface area contributed by atoms with Gasteiger partial charge in [-0.15, -0.1) is 0 Å². The van der Waals surface area contributed by atoms with Crippen molar-refractivity contribution in [3.8, 4) is 0 Å². The lowest BCUT2D eigenvalue weighted by Crippen LogP contribution is -2.30. The summed E-state index contributed by atoms with van der Waals surface area (Å²) in [6.45, 7) is -0.576. The number of nitrogens with one attached hydrogen (secondary N) is 2. The Hall–Kier alpha value is -5.53. The van der Waals surface area contributed by atoms with E-state index in [1.54, 1.807) is 12.1 Å². The van der Waals surface area contributed by atoms with Gasteiger partial charge in [-0.1, -0.05) is 12.1 Å². The number of aliphatic imine (C=N–C) groups is 1. The Morgan fingerprint density at radius 2 is 1.36 bits per heavy atom. The van der Waals surface area contributed by atoms with Crippen molar-refractivity contribution in [1.29, 1.82) is 0 Å². The maximum atomic E-state index is 12.3. The lowest BCUT2D eigenvalue weighted by atomic mass is 10.1. The van der Waals surface area contributed by atoms with Gasteiger partial charge in [0.15, 0.2) is 0 Å². The molecule has 3 heterocycles. The summed E-state index contributed by atoms with van der Waals surface area (Å²) in [7, 11) is 2.87. The van der Waals surface area contributed by atoms with E-state index in [-0.39, 0.29) is 41.8 Å². The van der Waals surface area contributed by atoms with Gasteiger partial charge in [-0.25, -0.2) is 24.2 Å². The van der Waals surface area contributed by atoms with Crippen LogP contribution in [0.15, 0.2) is 77.1 Å². The first-order valence-corrected chi connectivity index (χ1v) is 11.3. The summed E-state index contributed by atoms with van der Waals surface area (Å²) in [6, 6.07) is 11.3. The molecule has 39 heavy (non-hydrogen) atoms. The predicted molar refractivity (Wildman–Crippen MR) is 135 cm³/mol. The van der Waals surface area contributed by atoms with Crippen molar-refractivity contribution >= 4 is 24.0 Å². The third-order valence-electron chi connectivity index (χ3n) is 5.51. The highest BCUT2D eigenvalue weighted by molar-refractivity contribution is 5.91. The Balaban J connectivity index is 1.33. The number of carbonyl (C=O) groups is 2. The molecule has 1 aromatic carbocycles. The second kappa shape index (κ2) is 11.2. The Morgan fingerprint density at radius 3 is 1.92 bits per heavy atom. The number of esters is 2. The molecule has 0 amide bonds. The van der Waals surface area contributed by atoms with Crippen molar-refractivity contribution in [2.75, 3.05) is 0 Å². The van der Waals surface area contributed by atoms with Gasteiger partial charge < -0.3 is 13.9 Å². The summed E-state index contributed by atoms with van der Waals surface area (Å²) in [6.07, 6.45) is 1.45. The summed E-state index contributed by atoms with van der Waals surface area (Å²) < 4.78 is 18.0. The van der Waals surface area contributed by atoms with Crippen molar-refractivity contribution < 1.29 is 23.5 Å². The molecule has 0 aliphatic carbocycles. The minimum absolute atomic E-state index is 0.109. The van der Waals surface area contributed by atoms with Crippen molar-refractivity contribution in [1.82, 2.24) is 19.1 Å². The third-order valence-corrected chi connectivity index (χ3v) is 5.51. The fraction of sp³-hybridized carbons (Fsp3) is 0.160. The summed E-state index contributed by atoms with van der Waals surface area (Å²) in [5.74, 6) is -1.49. The van der Waals surface area contributed by atoms with Crippen LogP contribution < -0.4 is 22.5 Å². The standard InChI is InChI=1S/C25H21N5O9/c1-29-16(9-19(31)27-24(29)35)12-37-22(33)15-5-3-14(4-6-15)11-26-21-8-7-18(39-21)23(34)38-13-17-10-20(32)28-25(36)30(17)2/h3-11H,12-13H2,1-2H3,(H,27,31,35)(H,28,32,36). The Morgan fingerprint density at radius 1 is 0.821 bits per heavy atom. The molecule has 4 aromatic rings. The number of ether oxygens (including phenoxy) is 2. The Bertz CT molecular complexity index is 1800. The first-order valence-electron chi connectivity index (χ1n) is 11.3. The molecule has 0 aliphatic rings. The van der Waals surface area contributed by atoms with Crippen LogP contribution in [-0.2, 0) is 36.8 Å². The van der Waals surface area contributed by atoms with E-state index in [0.29, 0.717) is 5.56 Å². The van der Waals surface area contributed by atoms with Gasteiger partial charge in [0.2, 0.25) is 11.6 Å². The number of nitrogens with zero attached hydrogens (tertiary/aromatic N) is 3. The first kappa shape index (κ1) is 26.5. The maximum absolute atomic E-state index is 12.3. The molecular formula is C25H21N5O9. The molecule has 0 bridgehead atoms.